The molecule has 0 radical (unpaired) electrons. The summed E-state index contributed by atoms with van der Waals surface area (Å²) in [5.41, 5.74) is 8.75. The molecule has 3 aromatic carbocycles. The molecule has 2 heteroatoms. The summed E-state index contributed by atoms with van der Waals surface area (Å²) in [7, 11) is 2.21. The van der Waals surface area contributed by atoms with Crippen LogP contribution in [0.15, 0.2) is 52.4 Å². The van der Waals surface area contributed by atoms with Crippen LogP contribution >= 0.6 is 11.8 Å². The van der Waals surface area contributed by atoms with E-state index in [2.05, 4.69) is 103 Å². The van der Waals surface area contributed by atoms with E-state index >= 15 is 0 Å². The normalized spacial score (nSPS) is 13.2. The molecule has 0 atom stereocenters. The SMILES string of the molecule is Cc1ccc2c(C)c3c(c(CC(C)(C)C)c2c1)Sc1cc(CC(C)C)cc2cc[n+](C)c-3c12. The maximum absolute atomic E-state index is 2.47. The Morgan fingerprint density at radius 1 is 0.970 bits per heavy atom. The molecule has 0 N–H and O–H groups in total. The minimum absolute atomic E-state index is 0.216. The Labute approximate surface area is 203 Å². The first-order valence-electron chi connectivity index (χ1n) is 12.2. The summed E-state index contributed by atoms with van der Waals surface area (Å²) in [4.78, 5) is 2.89. The van der Waals surface area contributed by atoms with Gasteiger partial charge in [-0.2, -0.15) is 0 Å². The Morgan fingerprint density at radius 2 is 1.73 bits per heavy atom. The summed E-state index contributed by atoms with van der Waals surface area (Å²) in [5.74, 6) is 0.653. The van der Waals surface area contributed by atoms with E-state index in [9.17, 15) is 0 Å². The molecule has 0 fully saturated rings. The average molecular weight is 455 g/mol. The standard InChI is InChI=1S/C31H36NS/c1-18(2)13-21-15-22-11-12-32(8)29-27-20(4)23-10-9-19(3)14-24(23)25(17-31(5,6)7)30(27)33-26(16-21)28(22)29/h9-12,14-16,18H,13,17H2,1-8H3/q+1. The van der Waals surface area contributed by atoms with E-state index in [1.807, 2.05) is 11.8 Å². The van der Waals surface area contributed by atoms with Gasteiger partial charge in [0.1, 0.15) is 7.05 Å². The van der Waals surface area contributed by atoms with Crippen LogP contribution in [-0.2, 0) is 19.9 Å². The van der Waals surface area contributed by atoms with Gasteiger partial charge in [0.15, 0.2) is 6.20 Å². The van der Waals surface area contributed by atoms with Crippen LogP contribution in [0.5, 0.6) is 0 Å². The number of fused-ring (bicyclic) bond motifs is 3. The molecule has 0 unspecified atom stereocenters. The second kappa shape index (κ2) is 7.87. The van der Waals surface area contributed by atoms with Crippen molar-refractivity contribution in [3.8, 4) is 11.3 Å². The molecule has 0 spiro atoms. The fraction of sp³-hybridized carbons (Fsp3) is 0.387. The van der Waals surface area contributed by atoms with Crippen LogP contribution in [0.1, 0.15) is 56.9 Å². The quantitative estimate of drug-likeness (QED) is 0.248. The Kier molecular flexibility index (Phi) is 5.36. The zero-order valence-electron chi connectivity index (χ0n) is 21.4. The lowest BCUT2D eigenvalue weighted by molar-refractivity contribution is -0.659. The Bertz CT molecular complexity index is 1420. The van der Waals surface area contributed by atoms with Gasteiger partial charge in [-0.25, -0.2) is 4.57 Å². The third-order valence-electron chi connectivity index (χ3n) is 6.84. The number of pyridine rings is 1. The molecule has 1 aromatic heterocycles. The smallest absolute Gasteiger partial charge is 0.200 e. The molecule has 33 heavy (non-hydrogen) atoms. The number of aryl methyl sites for hydroxylation is 3. The third kappa shape index (κ3) is 3.87. The number of nitrogens with zero attached hydrogens (tertiary/aromatic N) is 1. The zero-order valence-corrected chi connectivity index (χ0v) is 22.2. The van der Waals surface area contributed by atoms with Crippen LogP contribution in [-0.4, -0.2) is 0 Å². The lowest BCUT2D eigenvalue weighted by Gasteiger charge is -2.28. The highest BCUT2D eigenvalue weighted by atomic mass is 32.2. The molecule has 0 aliphatic carbocycles. The van der Waals surface area contributed by atoms with E-state index in [4.69, 9.17) is 0 Å². The third-order valence-corrected chi connectivity index (χ3v) is 8.04. The second-order valence-electron chi connectivity index (χ2n) is 11.6. The minimum atomic E-state index is 0.216. The van der Waals surface area contributed by atoms with E-state index in [-0.39, 0.29) is 5.41 Å². The van der Waals surface area contributed by atoms with Crippen molar-refractivity contribution in [3.05, 3.63) is 64.8 Å². The molecule has 1 nitrogen and oxygen atoms in total. The molecule has 2 heterocycles. The Balaban J connectivity index is 1.91. The minimum Gasteiger partial charge on any atom is -0.200 e. The van der Waals surface area contributed by atoms with Crippen LogP contribution in [0, 0.1) is 25.2 Å². The molecule has 0 amide bonds. The van der Waals surface area contributed by atoms with E-state index in [1.54, 1.807) is 0 Å². The second-order valence-corrected chi connectivity index (χ2v) is 12.7. The van der Waals surface area contributed by atoms with E-state index in [0.717, 1.165) is 12.8 Å². The van der Waals surface area contributed by atoms with Crippen molar-refractivity contribution < 1.29 is 4.57 Å². The van der Waals surface area contributed by atoms with E-state index < -0.39 is 0 Å². The van der Waals surface area contributed by atoms with Crippen molar-refractivity contribution in [2.24, 2.45) is 18.4 Å². The van der Waals surface area contributed by atoms with Gasteiger partial charge in [0.25, 0.3) is 0 Å². The molecule has 1 aliphatic rings. The summed E-state index contributed by atoms with van der Waals surface area (Å²) in [5, 5.41) is 5.62. The molecule has 170 valence electrons. The zero-order chi connectivity index (χ0) is 23.7. The summed E-state index contributed by atoms with van der Waals surface area (Å²) in [6.45, 7) is 16.3. The van der Waals surface area contributed by atoms with Crippen molar-refractivity contribution >= 4 is 33.3 Å². The first-order valence-corrected chi connectivity index (χ1v) is 13.0. The van der Waals surface area contributed by atoms with Crippen molar-refractivity contribution in [3.63, 3.8) is 0 Å². The average Bonchev–Trinajstić information content (AvgIpc) is 2.71. The molecular weight excluding hydrogens is 418 g/mol. The maximum atomic E-state index is 2.47. The molecule has 0 bridgehead atoms. The van der Waals surface area contributed by atoms with Gasteiger partial charge in [0.2, 0.25) is 5.69 Å². The van der Waals surface area contributed by atoms with Gasteiger partial charge >= 0.3 is 0 Å². The van der Waals surface area contributed by atoms with Crippen LogP contribution in [0.4, 0.5) is 0 Å². The lowest BCUT2D eigenvalue weighted by Crippen LogP contribution is -2.32. The summed E-state index contributed by atoms with van der Waals surface area (Å²) in [6.07, 6.45) is 4.45. The van der Waals surface area contributed by atoms with E-state index in [1.165, 1.54) is 64.8 Å². The van der Waals surface area contributed by atoms with Crippen molar-refractivity contribution in [1.29, 1.82) is 0 Å². The Hall–Kier alpha value is -2.32. The first-order chi connectivity index (χ1) is 15.5. The van der Waals surface area contributed by atoms with Gasteiger partial charge < -0.3 is 0 Å². The fourth-order valence-corrected chi connectivity index (χ4v) is 6.93. The predicted octanol–water partition coefficient (Wildman–Crippen LogP) is 8.35. The fourth-order valence-electron chi connectivity index (χ4n) is 5.52. The highest BCUT2D eigenvalue weighted by Gasteiger charge is 2.32. The van der Waals surface area contributed by atoms with Gasteiger partial charge in [0.05, 0.1) is 10.9 Å². The lowest BCUT2D eigenvalue weighted by atomic mass is 9.82. The van der Waals surface area contributed by atoms with Crippen LogP contribution in [0.3, 0.4) is 0 Å². The van der Waals surface area contributed by atoms with Gasteiger partial charge in [-0.3, -0.25) is 0 Å². The first kappa shape index (κ1) is 22.5. The molecular formula is C31H36NS+. The highest BCUT2D eigenvalue weighted by Crippen LogP contribution is 2.52. The van der Waals surface area contributed by atoms with Gasteiger partial charge in [-0.05, 0) is 76.9 Å². The van der Waals surface area contributed by atoms with E-state index in [0.29, 0.717) is 5.92 Å². The van der Waals surface area contributed by atoms with Crippen molar-refractivity contribution in [2.45, 2.75) is 71.1 Å². The molecule has 4 aromatic rings. The number of hydrogen-bond acceptors (Lipinski definition) is 1. The molecule has 0 saturated heterocycles. The summed E-state index contributed by atoms with van der Waals surface area (Å²) in [6, 6.07) is 14.2. The van der Waals surface area contributed by atoms with Gasteiger partial charge in [-0.15, -0.1) is 0 Å². The molecule has 0 saturated carbocycles. The summed E-state index contributed by atoms with van der Waals surface area (Å²) < 4.78 is 2.35. The maximum Gasteiger partial charge on any atom is 0.222 e. The van der Waals surface area contributed by atoms with Crippen molar-refractivity contribution in [1.82, 2.24) is 0 Å². The van der Waals surface area contributed by atoms with Crippen molar-refractivity contribution in [2.75, 3.05) is 0 Å². The predicted molar refractivity (Wildman–Crippen MR) is 143 cm³/mol. The summed E-state index contributed by atoms with van der Waals surface area (Å²) >= 11 is 2.01. The largest absolute Gasteiger partial charge is 0.222 e. The molecule has 5 rings (SSSR count). The topological polar surface area (TPSA) is 3.88 Å². The number of aromatic nitrogens is 1. The number of rotatable bonds is 3. The monoisotopic (exact) mass is 454 g/mol. The van der Waals surface area contributed by atoms with Crippen LogP contribution < -0.4 is 4.57 Å². The van der Waals surface area contributed by atoms with Gasteiger partial charge in [0, 0.05) is 15.9 Å². The van der Waals surface area contributed by atoms with Crippen LogP contribution in [0.25, 0.3) is 32.8 Å². The van der Waals surface area contributed by atoms with Gasteiger partial charge in [-0.1, -0.05) is 76.2 Å². The molecule has 1 aliphatic heterocycles. The highest BCUT2D eigenvalue weighted by molar-refractivity contribution is 7.99. The Morgan fingerprint density at radius 3 is 2.42 bits per heavy atom. The number of hydrogen-bond donors (Lipinski definition) is 0. The number of benzene rings is 3. The van der Waals surface area contributed by atoms with Crippen LogP contribution in [0.2, 0.25) is 0 Å².